The summed E-state index contributed by atoms with van der Waals surface area (Å²) < 4.78 is 57.9. The van der Waals surface area contributed by atoms with Crippen molar-refractivity contribution in [2.24, 2.45) is 0 Å². The highest BCUT2D eigenvalue weighted by Crippen LogP contribution is 2.30. The second kappa shape index (κ2) is 13.9. The molecule has 0 radical (unpaired) electrons. The van der Waals surface area contributed by atoms with E-state index in [-0.39, 0.29) is 6.42 Å². The number of carboxylic acid groups (broad SMARTS) is 1. The average Bonchev–Trinajstić information content (AvgIpc) is 2.88. The van der Waals surface area contributed by atoms with Crippen LogP contribution in [0.2, 0.25) is 0 Å². The Labute approximate surface area is 213 Å². The molecular formula is C27H30F3NO6. The average molecular weight is 522 g/mol. The molecule has 0 aliphatic carbocycles. The van der Waals surface area contributed by atoms with Crippen LogP contribution in [0.25, 0.3) is 0 Å². The van der Waals surface area contributed by atoms with Crippen molar-refractivity contribution < 1.29 is 42.0 Å². The van der Waals surface area contributed by atoms with Crippen molar-refractivity contribution in [3.63, 3.8) is 0 Å². The number of hydrogen-bond donors (Lipinski definition) is 2. The van der Waals surface area contributed by atoms with E-state index in [0.717, 1.165) is 17.7 Å². The zero-order valence-corrected chi connectivity index (χ0v) is 21.0. The van der Waals surface area contributed by atoms with Crippen LogP contribution in [0.3, 0.4) is 0 Å². The van der Waals surface area contributed by atoms with Gasteiger partial charge in [0, 0.05) is 12.2 Å². The smallest absolute Gasteiger partial charge is 0.416 e. The van der Waals surface area contributed by atoms with Crippen molar-refractivity contribution >= 4 is 11.7 Å². The Kier molecular flexibility index (Phi) is 10.9. The van der Waals surface area contributed by atoms with Gasteiger partial charge in [-0.15, -0.1) is 0 Å². The number of methoxy groups -OCH3 is 4. The zero-order chi connectivity index (χ0) is 27.4. The molecule has 0 aromatic heterocycles. The SMILES string of the molecule is COc1ccc(CC(=O)O)cc1OC.COc1ccc(CCNc2ccc(C(F)(F)F)cc2)cc1OC. The molecule has 3 aromatic carbocycles. The molecule has 0 spiro atoms. The number of hydrogen-bond acceptors (Lipinski definition) is 6. The molecular weight excluding hydrogens is 491 g/mol. The fraction of sp³-hybridized carbons (Fsp3) is 0.296. The van der Waals surface area contributed by atoms with Crippen molar-refractivity contribution in [2.45, 2.75) is 19.0 Å². The van der Waals surface area contributed by atoms with Gasteiger partial charge in [-0.05, 0) is 66.1 Å². The van der Waals surface area contributed by atoms with Gasteiger partial charge >= 0.3 is 12.1 Å². The highest BCUT2D eigenvalue weighted by molar-refractivity contribution is 5.70. The van der Waals surface area contributed by atoms with Crippen LogP contribution in [0.4, 0.5) is 18.9 Å². The van der Waals surface area contributed by atoms with Gasteiger partial charge in [0.25, 0.3) is 0 Å². The quantitative estimate of drug-likeness (QED) is 0.354. The maximum absolute atomic E-state index is 12.5. The van der Waals surface area contributed by atoms with Crippen LogP contribution in [0.5, 0.6) is 23.0 Å². The predicted octanol–water partition coefficient (Wildman–Crippen LogP) is 5.71. The van der Waals surface area contributed by atoms with Crippen LogP contribution in [0.1, 0.15) is 16.7 Å². The van der Waals surface area contributed by atoms with Crippen molar-refractivity contribution in [1.29, 1.82) is 0 Å². The summed E-state index contributed by atoms with van der Waals surface area (Å²) in [6.45, 7) is 0.598. The molecule has 0 heterocycles. The summed E-state index contributed by atoms with van der Waals surface area (Å²) in [7, 11) is 6.20. The molecule has 0 saturated carbocycles. The van der Waals surface area contributed by atoms with Gasteiger partial charge in [-0.3, -0.25) is 4.79 Å². The molecule has 0 amide bonds. The minimum Gasteiger partial charge on any atom is -0.493 e. The Morgan fingerprint density at radius 1 is 0.757 bits per heavy atom. The number of halogens is 3. The number of benzene rings is 3. The Morgan fingerprint density at radius 2 is 1.24 bits per heavy atom. The van der Waals surface area contributed by atoms with E-state index in [1.54, 1.807) is 32.4 Å². The molecule has 0 fully saturated rings. The van der Waals surface area contributed by atoms with E-state index in [9.17, 15) is 18.0 Å². The third kappa shape index (κ3) is 9.14. The van der Waals surface area contributed by atoms with Gasteiger partial charge in [-0.25, -0.2) is 0 Å². The van der Waals surface area contributed by atoms with Gasteiger partial charge in [0.1, 0.15) is 0 Å². The number of carbonyl (C=O) groups is 1. The lowest BCUT2D eigenvalue weighted by molar-refractivity contribution is -0.138. The molecule has 200 valence electrons. The Hall–Kier alpha value is -4.08. The zero-order valence-electron chi connectivity index (χ0n) is 21.0. The highest BCUT2D eigenvalue weighted by atomic mass is 19.4. The van der Waals surface area contributed by atoms with E-state index in [4.69, 9.17) is 24.1 Å². The first-order chi connectivity index (χ1) is 17.6. The van der Waals surface area contributed by atoms with E-state index in [1.807, 2.05) is 18.2 Å². The largest absolute Gasteiger partial charge is 0.493 e. The highest BCUT2D eigenvalue weighted by Gasteiger charge is 2.29. The Balaban J connectivity index is 0.000000294. The van der Waals surface area contributed by atoms with Gasteiger partial charge in [0.2, 0.25) is 0 Å². The maximum atomic E-state index is 12.5. The number of alkyl halides is 3. The molecule has 10 heteroatoms. The van der Waals surface area contributed by atoms with Crippen LogP contribution >= 0.6 is 0 Å². The molecule has 0 atom stereocenters. The third-order valence-corrected chi connectivity index (χ3v) is 5.21. The number of anilines is 1. The second-order valence-corrected chi connectivity index (χ2v) is 7.70. The van der Waals surface area contributed by atoms with E-state index < -0.39 is 17.7 Å². The lowest BCUT2D eigenvalue weighted by Crippen LogP contribution is -2.07. The van der Waals surface area contributed by atoms with Crippen LogP contribution in [0, 0.1) is 0 Å². The predicted molar refractivity (Wildman–Crippen MR) is 134 cm³/mol. The number of aliphatic carboxylic acids is 1. The van der Waals surface area contributed by atoms with Gasteiger partial charge in [-0.1, -0.05) is 12.1 Å². The molecule has 37 heavy (non-hydrogen) atoms. The van der Waals surface area contributed by atoms with Gasteiger partial charge in [0.15, 0.2) is 23.0 Å². The summed E-state index contributed by atoms with van der Waals surface area (Å²) in [6, 6.07) is 15.7. The van der Waals surface area contributed by atoms with Crippen molar-refractivity contribution in [3.05, 3.63) is 77.4 Å². The topological polar surface area (TPSA) is 86.3 Å². The molecule has 3 aromatic rings. The minimum absolute atomic E-state index is 0.0135. The van der Waals surface area contributed by atoms with Crippen LogP contribution in [-0.2, 0) is 23.8 Å². The first-order valence-corrected chi connectivity index (χ1v) is 11.2. The number of carboxylic acids is 1. The summed E-state index contributed by atoms with van der Waals surface area (Å²) in [4.78, 5) is 10.5. The molecule has 0 aliphatic rings. The molecule has 3 rings (SSSR count). The standard InChI is InChI=1S/C17H18F3NO2.C10H12O4/c1-22-15-8-3-12(11-16(15)23-2)9-10-21-14-6-4-13(5-7-14)17(18,19)20;1-13-8-4-3-7(6-10(11)12)5-9(8)14-2/h3-8,11,21H,9-10H2,1-2H3;3-5H,6H2,1-2H3,(H,11,12). The first-order valence-electron chi connectivity index (χ1n) is 11.2. The van der Waals surface area contributed by atoms with E-state index in [0.29, 0.717) is 47.2 Å². The molecule has 2 N–H and O–H groups in total. The summed E-state index contributed by atoms with van der Waals surface area (Å²) >= 11 is 0. The van der Waals surface area contributed by atoms with Gasteiger partial charge in [-0.2, -0.15) is 13.2 Å². The Bertz CT molecular complexity index is 1150. The molecule has 7 nitrogen and oxygen atoms in total. The lowest BCUT2D eigenvalue weighted by atomic mass is 10.1. The third-order valence-electron chi connectivity index (χ3n) is 5.21. The number of rotatable bonds is 10. The Morgan fingerprint density at radius 3 is 1.70 bits per heavy atom. The van der Waals surface area contributed by atoms with Crippen LogP contribution < -0.4 is 24.3 Å². The van der Waals surface area contributed by atoms with Gasteiger partial charge < -0.3 is 29.4 Å². The van der Waals surface area contributed by atoms with E-state index in [1.165, 1.54) is 26.4 Å². The molecule has 0 saturated heterocycles. The number of nitrogens with one attached hydrogen (secondary N) is 1. The monoisotopic (exact) mass is 521 g/mol. The minimum atomic E-state index is -4.31. The summed E-state index contributed by atoms with van der Waals surface area (Å²) in [5, 5.41) is 11.7. The lowest BCUT2D eigenvalue weighted by Gasteiger charge is -2.11. The van der Waals surface area contributed by atoms with Crippen LogP contribution in [-0.4, -0.2) is 46.1 Å². The molecule has 0 unspecified atom stereocenters. The summed E-state index contributed by atoms with van der Waals surface area (Å²) in [5.74, 6) is 1.59. The first kappa shape index (κ1) is 29.2. The summed E-state index contributed by atoms with van der Waals surface area (Å²) in [6.07, 6.45) is -3.61. The number of ether oxygens (including phenoxy) is 4. The summed E-state index contributed by atoms with van der Waals surface area (Å²) in [5.41, 5.74) is 1.73. The molecule has 0 aliphatic heterocycles. The fourth-order valence-corrected chi connectivity index (χ4v) is 3.33. The normalized spacial score (nSPS) is 10.6. The van der Waals surface area contributed by atoms with Crippen molar-refractivity contribution in [3.8, 4) is 23.0 Å². The van der Waals surface area contributed by atoms with Crippen LogP contribution in [0.15, 0.2) is 60.7 Å². The second-order valence-electron chi connectivity index (χ2n) is 7.70. The van der Waals surface area contributed by atoms with Gasteiger partial charge in [0.05, 0.1) is 40.4 Å². The van der Waals surface area contributed by atoms with E-state index >= 15 is 0 Å². The maximum Gasteiger partial charge on any atom is 0.416 e. The van der Waals surface area contributed by atoms with Crippen molar-refractivity contribution in [1.82, 2.24) is 0 Å². The van der Waals surface area contributed by atoms with E-state index in [2.05, 4.69) is 5.32 Å². The molecule has 0 bridgehead atoms. The fourth-order valence-electron chi connectivity index (χ4n) is 3.33. The van der Waals surface area contributed by atoms with Crippen molar-refractivity contribution in [2.75, 3.05) is 40.3 Å².